The quantitative estimate of drug-likeness (QED) is 0.386. The first-order valence-corrected chi connectivity index (χ1v) is 3.38. The van der Waals surface area contributed by atoms with Gasteiger partial charge in [-0.1, -0.05) is 6.92 Å². The summed E-state index contributed by atoms with van der Waals surface area (Å²) in [5.41, 5.74) is 0. The van der Waals surface area contributed by atoms with Gasteiger partial charge in [-0.15, -0.1) is 0 Å². The molecule has 0 saturated heterocycles. The molecule has 0 aromatic rings. The topological polar surface area (TPSA) is 98.1 Å². The Kier molecular flexibility index (Phi) is 4.24. The minimum atomic E-state index is -1.57. The predicted octanol–water partition coefficient (Wildman–Crippen LogP) is -0.517. The molecule has 0 aliphatic carbocycles. The lowest BCUT2D eigenvalue weighted by Gasteiger charge is -2.14. The maximum atomic E-state index is 10.3. The highest BCUT2D eigenvalue weighted by molar-refractivity contribution is 5.93. The number of hydrogen-bond donors (Lipinski definition) is 3. The van der Waals surface area contributed by atoms with Crippen LogP contribution in [0.4, 0.5) is 0 Å². The fraction of sp³-hybridized carbons (Fsp3) is 0.667. The summed E-state index contributed by atoms with van der Waals surface area (Å²) in [6.07, 6.45) is 0. The van der Waals surface area contributed by atoms with E-state index >= 15 is 0 Å². The van der Waals surface area contributed by atoms with Crippen molar-refractivity contribution in [1.29, 1.82) is 0 Å². The molecule has 0 aromatic carbocycles. The Morgan fingerprint density at radius 1 is 1.33 bits per heavy atom. The van der Waals surface area contributed by atoms with Gasteiger partial charge in [0.15, 0.2) is 5.92 Å². The first-order chi connectivity index (χ1) is 5.49. The fourth-order valence-corrected chi connectivity index (χ4v) is 0.602. The van der Waals surface area contributed by atoms with Crippen LogP contribution in [0.5, 0.6) is 0 Å². The molecule has 0 atom stereocenters. The molecule has 0 saturated carbocycles. The number of rotatable bonds is 5. The Morgan fingerprint density at radius 2 is 1.75 bits per heavy atom. The normalized spacial score (nSPS) is 10.7. The lowest BCUT2D eigenvalue weighted by molar-refractivity contribution is -0.163. The lowest BCUT2D eigenvalue weighted by Crippen LogP contribution is -2.35. The van der Waals surface area contributed by atoms with E-state index in [1.807, 2.05) is 0 Å². The van der Waals surface area contributed by atoms with Crippen molar-refractivity contribution in [1.82, 2.24) is 5.06 Å². The number of aliphatic carboxylic acids is 2. The van der Waals surface area contributed by atoms with Crippen LogP contribution in [0.2, 0.25) is 0 Å². The zero-order chi connectivity index (χ0) is 9.72. The average molecular weight is 177 g/mol. The first kappa shape index (κ1) is 10.9. The van der Waals surface area contributed by atoms with E-state index in [0.717, 1.165) is 0 Å². The molecule has 0 radical (unpaired) electrons. The van der Waals surface area contributed by atoms with E-state index in [-0.39, 0.29) is 6.54 Å². The van der Waals surface area contributed by atoms with Gasteiger partial charge in [-0.25, -0.2) is 0 Å². The van der Waals surface area contributed by atoms with Crippen LogP contribution >= 0.6 is 0 Å². The number of carboxylic acids is 2. The van der Waals surface area contributed by atoms with E-state index in [4.69, 9.17) is 15.4 Å². The number of hydroxylamine groups is 2. The van der Waals surface area contributed by atoms with Gasteiger partial charge in [0.1, 0.15) is 0 Å². The summed E-state index contributed by atoms with van der Waals surface area (Å²) in [5, 5.41) is 26.2. The second-order valence-corrected chi connectivity index (χ2v) is 2.23. The van der Waals surface area contributed by atoms with Crippen LogP contribution in [-0.2, 0) is 9.59 Å². The molecule has 0 fully saturated rings. The number of carboxylic acid groups (broad SMARTS) is 2. The monoisotopic (exact) mass is 177 g/mol. The average Bonchev–Trinajstić information content (AvgIpc) is 1.98. The molecule has 0 aromatic heterocycles. The Hall–Kier alpha value is -1.14. The first-order valence-electron chi connectivity index (χ1n) is 3.38. The second-order valence-electron chi connectivity index (χ2n) is 2.23. The van der Waals surface area contributed by atoms with Crippen LogP contribution in [0.25, 0.3) is 0 Å². The van der Waals surface area contributed by atoms with Crippen molar-refractivity contribution < 1.29 is 25.0 Å². The van der Waals surface area contributed by atoms with Gasteiger partial charge in [-0.05, 0) is 0 Å². The van der Waals surface area contributed by atoms with Crippen molar-refractivity contribution >= 4 is 11.9 Å². The molecule has 0 spiro atoms. The number of hydrogen-bond acceptors (Lipinski definition) is 4. The van der Waals surface area contributed by atoms with E-state index in [1.165, 1.54) is 0 Å². The third kappa shape index (κ3) is 3.31. The van der Waals surface area contributed by atoms with Gasteiger partial charge in [-0.3, -0.25) is 9.59 Å². The van der Waals surface area contributed by atoms with Crippen molar-refractivity contribution in [2.45, 2.75) is 6.92 Å². The molecule has 0 amide bonds. The van der Waals surface area contributed by atoms with E-state index in [2.05, 4.69) is 0 Å². The van der Waals surface area contributed by atoms with Crippen molar-refractivity contribution in [3.63, 3.8) is 0 Å². The maximum Gasteiger partial charge on any atom is 0.319 e. The van der Waals surface area contributed by atoms with E-state index in [9.17, 15) is 9.59 Å². The van der Waals surface area contributed by atoms with Crippen molar-refractivity contribution in [2.24, 2.45) is 5.92 Å². The molecule has 6 heteroatoms. The minimum Gasteiger partial charge on any atom is -0.481 e. The predicted molar refractivity (Wildman–Crippen MR) is 37.8 cm³/mol. The van der Waals surface area contributed by atoms with Gasteiger partial charge in [-0.2, -0.15) is 5.06 Å². The highest BCUT2D eigenvalue weighted by Crippen LogP contribution is 1.99. The molecule has 0 unspecified atom stereocenters. The third-order valence-corrected chi connectivity index (χ3v) is 1.35. The van der Waals surface area contributed by atoms with E-state index in [1.54, 1.807) is 6.92 Å². The zero-order valence-corrected chi connectivity index (χ0v) is 6.60. The molecule has 12 heavy (non-hydrogen) atoms. The van der Waals surface area contributed by atoms with Gasteiger partial charge in [0, 0.05) is 13.1 Å². The largest absolute Gasteiger partial charge is 0.481 e. The molecule has 6 nitrogen and oxygen atoms in total. The molecule has 0 aliphatic rings. The maximum absolute atomic E-state index is 10.3. The number of nitrogens with zero attached hydrogens (tertiary/aromatic N) is 1. The summed E-state index contributed by atoms with van der Waals surface area (Å²) in [5.74, 6) is -4.47. The molecule has 70 valence electrons. The van der Waals surface area contributed by atoms with Crippen LogP contribution in [0, 0.1) is 5.92 Å². The highest BCUT2D eigenvalue weighted by Gasteiger charge is 2.27. The fourth-order valence-electron chi connectivity index (χ4n) is 0.602. The zero-order valence-electron chi connectivity index (χ0n) is 6.60. The van der Waals surface area contributed by atoms with Gasteiger partial charge >= 0.3 is 11.9 Å². The van der Waals surface area contributed by atoms with Crippen LogP contribution in [-0.4, -0.2) is 45.5 Å². The Bertz CT molecular complexity index is 167. The SMILES string of the molecule is CCN(O)CC(C(=O)O)C(=O)O. The van der Waals surface area contributed by atoms with Crippen LogP contribution in [0.1, 0.15) is 6.92 Å². The molecule has 0 aliphatic heterocycles. The summed E-state index contributed by atoms with van der Waals surface area (Å²) in [6, 6.07) is 0. The minimum absolute atomic E-state index is 0.192. The van der Waals surface area contributed by atoms with Crippen LogP contribution in [0.15, 0.2) is 0 Å². The van der Waals surface area contributed by atoms with Crippen molar-refractivity contribution in [3.8, 4) is 0 Å². The van der Waals surface area contributed by atoms with Gasteiger partial charge < -0.3 is 15.4 Å². The summed E-state index contributed by atoms with van der Waals surface area (Å²) < 4.78 is 0. The van der Waals surface area contributed by atoms with Gasteiger partial charge in [0.25, 0.3) is 0 Å². The molecular weight excluding hydrogens is 166 g/mol. The standard InChI is InChI=1S/C6H11NO5/c1-2-7(12)3-4(5(8)9)6(10)11/h4,12H,2-3H2,1H3,(H,8,9)(H,10,11). The Morgan fingerprint density at radius 3 is 2.00 bits per heavy atom. The van der Waals surface area contributed by atoms with Crippen molar-refractivity contribution in [2.75, 3.05) is 13.1 Å². The van der Waals surface area contributed by atoms with Crippen molar-refractivity contribution in [3.05, 3.63) is 0 Å². The molecule has 0 bridgehead atoms. The molecule has 0 heterocycles. The lowest BCUT2D eigenvalue weighted by atomic mass is 10.1. The van der Waals surface area contributed by atoms with Crippen LogP contribution in [0.3, 0.4) is 0 Å². The Labute approximate surface area is 69.0 Å². The molecule has 0 rings (SSSR count). The second kappa shape index (κ2) is 4.68. The summed E-state index contributed by atoms with van der Waals surface area (Å²) in [4.78, 5) is 20.5. The highest BCUT2D eigenvalue weighted by atomic mass is 16.5. The van der Waals surface area contributed by atoms with Crippen LogP contribution < -0.4 is 0 Å². The molecular formula is C6H11NO5. The van der Waals surface area contributed by atoms with Gasteiger partial charge in [0.05, 0.1) is 0 Å². The summed E-state index contributed by atoms with van der Waals surface area (Å²) in [6.45, 7) is 1.37. The van der Waals surface area contributed by atoms with E-state index in [0.29, 0.717) is 5.06 Å². The summed E-state index contributed by atoms with van der Waals surface area (Å²) in [7, 11) is 0. The summed E-state index contributed by atoms with van der Waals surface area (Å²) >= 11 is 0. The smallest absolute Gasteiger partial charge is 0.319 e. The van der Waals surface area contributed by atoms with E-state index < -0.39 is 24.4 Å². The van der Waals surface area contributed by atoms with Gasteiger partial charge in [0.2, 0.25) is 0 Å². The number of carbonyl (C=O) groups is 2. The third-order valence-electron chi connectivity index (χ3n) is 1.35. The Balaban J connectivity index is 4.14. The molecule has 3 N–H and O–H groups in total.